The van der Waals surface area contributed by atoms with Crippen molar-refractivity contribution in [3.63, 3.8) is 0 Å². The number of amides is 1. The molecule has 0 fully saturated rings. The first-order valence-electron chi connectivity index (χ1n) is 8.72. The molecule has 0 aliphatic rings. The zero-order valence-electron chi connectivity index (χ0n) is 15.4. The molecule has 0 unspecified atom stereocenters. The van der Waals surface area contributed by atoms with Crippen LogP contribution in [0.15, 0.2) is 66.7 Å². The highest BCUT2D eigenvalue weighted by molar-refractivity contribution is 5.94. The molecule has 0 saturated heterocycles. The summed E-state index contributed by atoms with van der Waals surface area (Å²) in [5, 5.41) is 7.63. The summed E-state index contributed by atoms with van der Waals surface area (Å²) in [5.74, 6) is 0.0491. The van der Waals surface area contributed by atoms with Crippen molar-refractivity contribution in [3.8, 4) is 11.3 Å². The maximum atomic E-state index is 13.6. The highest BCUT2D eigenvalue weighted by Crippen LogP contribution is 2.23. The Morgan fingerprint density at radius 1 is 1.04 bits per heavy atom. The van der Waals surface area contributed by atoms with Crippen molar-refractivity contribution in [2.75, 3.05) is 19.4 Å². The molecule has 0 saturated carbocycles. The molecule has 140 valence electrons. The third-order valence-corrected chi connectivity index (χ3v) is 4.27. The van der Waals surface area contributed by atoms with Crippen LogP contribution in [0.4, 0.5) is 16.0 Å². The molecule has 28 heavy (non-hydrogen) atoms. The second-order valence-corrected chi connectivity index (χ2v) is 6.53. The number of pyridine rings is 1. The lowest BCUT2D eigenvalue weighted by Crippen LogP contribution is -2.21. The second-order valence-electron chi connectivity index (χ2n) is 6.53. The van der Waals surface area contributed by atoms with E-state index in [9.17, 15) is 9.18 Å². The Kier molecular flexibility index (Phi) is 4.49. The van der Waals surface area contributed by atoms with Gasteiger partial charge < -0.3 is 10.2 Å². The molecule has 0 radical (unpaired) electrons. The molecule has 0 bridgehead atoms. The topological polar surface area (TPSA) is 62.5 Å². The zero-order chi connectivity index (χ0) is 19.7. The molecule has 6 nitrogen and oxygen atoms in total. The minimum absolute atomic E-state index is 0.0582. The number of halogens is 1. The molecule has 0 spiro atoms. The van der Waals surface area contributed by atoms with E-state index in [2.05, 4.69) is 15.4 Å². The Bertz CT molecular complexity index is 1150. The standard InChI is InChI=1S/C21H18FN5O/c1-26(2)20(28)14-9-11-17(12-10-14)23-21-24-19-8-4-7-18(27(19)25-21)15-5-3-6-16(22)13-15/h3-13H,1-2H3,(H,23,25). The van der Waals surface area contributed by atoms with Crippen molar-refractivity contribution in [1.29, 1.82) is 0 Å². The van der Waals surface area contributed by atoms with Gasteiger partial charge in [0.2, 0.25) is 5.95 Å². The van der Waals surface area contributed by atoms with Gasteiger partial charge in [0, 0.05) is 30.9 Å². The van der Waals surface area contributed by atoms with Crippen LogP contribution in [0.3, 0.4) is 0 Å². The Morgan fingerprint density at radius 2 is 1.79 bits per heavy atom. The Morgan fingerprint density at radius 3 is 2.50 bits per heavy atom. The van der Waals surface area contributed by atoms with E-state index in [1.54, 1.807) is 48.9 Å². The van der Waals surface area contributed by atoms with Gasteiger partial charge in [0.1, 0.15) is 5.82 Å². The Balaban J connectivity index is 1.64. The highest BCUT2D eigenvalue weighted by Gasteiger charge is 2.11. The molecule has 0 atom stereocenters. The lowest BCUT2D eigenvalue weighted by Gasteiger charge is -2.10. The van der Waals surface area contributed by atoms with E-state index < -0.39 is 0 Å². The van der Waals surface area contributed by atoms with E-state index in [-0.39, 0.29) is 11.7 Å². The summed E-state index contributed by atoms with van der Waals surface area (Å²) >= 11 is 0. The van der Waals surface area contributed by atoms with Crippen molar-refractivity contribution in [1.82, 2.24) is 19.5 Å². The SMILES string of the molecule is CN(C)C(=O)c1ccc(Nc2nc3cccc(-c4cccc(F)c4)n3n2)cc1. The van der Waals surface area contributed by atoms with Crippen LogP contribution < -0.4 is 5.32 Å². The summed E-state index contributed by atoms with van der Waals surface area (Å²) in [6.45, 7) is 0. The van der Waals surface area contributed by atoms with E-state index in [1.165, 1.54) is 17.0 Å². The predicted octanol–water partition coefficient (Wildman–Crippen LogP) is 3.98. The van der Waals surface area contributed by atoms with Crippen molar-refractivity contribution in [2.24, 2.45) is 0 Å². The van der Waals surface area contributed by atoms with Crippen LogP contribution in [0.5, 0.6) is 0 Å². The van der Waals surface area contributed by atoms with Crippen LogP contribution in [-0.2, 0) is 0 Å². The fraction of sp³-hybridized carbons (Fsp3) is 0.0952. The molecule has 0 aliphatic carbocycles. The maximum Gasteiger partial charge on any atom is 0.253 e. The average Bonchev–Trinajstić information content (AvgIpc) is 3.10. The Labute approximate surface area is 161 Å². The van der Waals surface area contributed by atoms with E-state index in [1.807, 2.05) is 24.3 Å². The molecule has 4 aromatic rings. The molecular formula is C21H18FN5O. The first-order valence-corrected chi connectivity index (χ1v) is 8.72. The number of aromatic nitrogens is 3. The number of hydrogen-bond donors (Lipinski definition) is 1. The number of hydrogen-bond acceptors (Lipinski definition) is 4. The molecule has 2 aromatic carbocycles. The largest absolute Gasteiger partial charge is 0.345 e. The van der Waals surface area contributed by atoms with Gasteiger partial charge in [-0.15, -0.1) is 5.10 Å². The molecule has 4 rings (SSSR count). The molecule has 2 aromatic heterocycles. The third-order valence-electron chi connectivity index (χ3n) is 4.27. The quantitative estimate of drug-likeness (QED) is 0.586. The number of carbonyl (C=O) groups is 1. The number of fused-ring (bicyclic) bond motifs is 1. The summed E-state index contributed by atoms with van der Waals surface area (Å²) in [7, 11) is 3.43. The van der Waals surface area contributed by atoms with Gasteiger partial charge in [-0.3, -0.25) is 4.79 Å². The van der Waals surface area contributed by atoms with Gasteiger partial charge in [-0.2, -0.15) is 4.98 Å². The van der Waals surface area contributed by atoms with Crippen molar-refractivity contribution in [3.05, 3.63) is 78.1 Å². The van der Waals surface area contributed by atoms with Gasteiger partial charge in [-0.05, 0) is 48.5 Å². The van der Waals surface area contributed by atoms with Crippen LogP contribution in [0, 0.1) is 5.82 Å². The summed E-state index contributed by atoms with van der Waals surface area (Å²) in [4.78, 5) is 18.0. The minimum atomic E-state index is -0.305. The number of benzene rings is 2. The molecule has 1 N–H and O–H groups in total. The summed E-state index contributed by atoms with van der Waals surface area (Å²) in [5.41, 5.74) is 3.46. The van der Waals surface area contributed by atoms with E-state index in [0.29, 0.717) is 22.7 Å². The second kappa shape index (κ2) is 7.11. The van der Waals surface area contributed by atoms with Crippen LogP contribution in [-0.4, -0.2) is 39.5 Å². The minimum Gasteiger partial charge on any atom is -0.345 e. The summed E-state index contributed by atoms with van der Waals surface area (Å²) in [6, 6.07) is 19.0. The Hall–Kier alpha value is -3.74. The highest BCUT2D eigenvalue weighted by atomic mass is 19.1. The number of nitrogens with one attached hydrogen (secondary N) is 1. The number of rotatable bonds is 4. The van der Waals surface area contributed by atoms with Gasteiger partial charge in [-0.1, -0.05) is 18.2 Å². The average molecular weight is 375 g/mol. The van der Waals surface area contributed by atoms with Gasteiger partial charge in [-0.25, -0.2) is 8.91 Å². The first kappa shape index (κ1) is 17.7. The maximum absolute atomic E-state index is 13.6. The summed E-state index contributed by atoms with van der Waals surface area (Å²) in [6.07, 6.45) is 0. The van der Waals surface area contributed by atoms with Crippen molar-refractivity contribution < 1.29 is 9.18 Å². The smallest absolute Gasteiger partial charge is 0.253 e. The molecular weight excluding hydrogens is 357 g/mol. The lowest BCUT2D eigenvalue weighted by molar-refractivity contribution is 0.0827. The summed E-state index contributed by atoms with van der Waals surface area (Å²) < 4.78 is 15.3. The van der Waals surface area contributed by atoms with E-state index in [4.69, 9.17) is 0 Å². The van der Waals surface area contributed by atoms with Gasteiger partial charge in [0.05, 0.1) is 5.69 Å². The number of anilines is 2. The third kappa shape index (κ3) is 3.42. The van der Waals surface area contributed by atoms with Crippen LogP contribution >= 0.6 is 0 Å². The lowest BCUT2D eigenvalue weighted by atomic mass is 10.1. The van der Waals surface area contributed by atoms with Gasteiger partial charge in [0.25, 0.3) is 5.91 Å². The van der Waals surface area contributed by atoms with Gasteiger partial charge >= 0.3 is 0 Å². The van der Waals surface area contributed by atoms with E-state index in [0.717, 1.165) is 11.4 Å². The fourth-order valence-corrected chi connectivity index (χ4v) is 2.91. The van der Waals surface area contributed by atoms with Crippen LogP contribution in [0.2, 0.25) is 0 Å². The normalized spacial score (nSPS) is 10.8. The fourth-order valence-electron chi connectivity index (χ4n) is 2.91. The predicted molar refractivity (Wildman–Crippen MR) is 106 cm³/mol. The molecule has 0 aliphatic heterocycles. The van der Waals surface area contributed by atoms with Gasteiger partial charge in [0.15, 0.2) is 5.65 Å². The first-order chi connectivity index (χ1) is 13.5. The van der Waals surface area contributed by atoms with E-state index >= 15 is 0 Å². The van der Waals surface area contributed by atoms with Crippen LogP contribution in [0.1, 0.15) is 10.4 Å². The zero-order valence-corrected chi connectivity index (χ0v) is 15.4. The van der Waals surface area contributed by atoms with Crippen LogP contribution in [0.25, 0.3) is 16.9 Å². The monoisotopic (exact) mass is 375 g/mol. The molecule has 7 heteroatoms. The number of carbonyl (C=O) groups excluding carboxylic acids is 1. The molecule has 1 amide bonds. The van der Waals surface area contributed by atoms with Crippen molar-refractivity contribution >= 4 is 23.2 Å². The van der Waals surface area contributed by atoms with Crippen molar-refractivity contribution in [2.45, 2.75) is 0 Å². The molecule has 2 heterocycles. The number of nitrogens with zero attached hydrogens (tertiary/aromatic N) is 4.